The van der Waals surface area contributed by atoms with Gasteiger partial charge in [-0.1, -0.05) is 25.5 Å². The molecule has 4 heteroatoms. The van der Waals surface area contributed by atoms with Crippen LogP contribution in [0.15, 0.2) is 70.3 Å². The van der Waals surface area contributed by atoms with Crippen LogP contribution >= 0.6 is 0 Å². The lowest BCUT2D eigenvalue weighted by Crippen LogP contribution is -2.12. The van der Waals surface area contributed by atoms with Gasteiger partial charge < -0.3 is 9.47 Å². The molecule has 2 aliphatic carbocycles. The van der Waals surface area contributed by atoms with Gasteiger partial charge >= 0.3 is 0 Å². The number of hydrogen-bond acceptors (Lipinski definition) is 4. The molecular formula is C21H24O4. The van der Waals surface area contributed by atoms with E-state index >= 15 is 0 Å². The molecular weight excluding hydrogens is 316 g/mol. The standard InChI is InChI=1S/C21H24O4/c1-5-6-7-17-11-16(13-19(25-4)21(17)23)9-8-15-10-14(2)20(22)18(12-15)24-3/h8-13H,5-7H2,1-4H3. The number of allylic oxidation sites excluding steroid dienone is 10. The van der Waals surface area contributed by atoms with E-state index in [1.54, 1.807) is 19.1 Å². The molecule has 132 valence electrons. The quantitative estimate of drug-likeness (QED) is 0.729. The van der Waals surface area contributed by atoms with Gasteiger partial charge in [-0.25, -0.2) is 0 Å². The lowest BCUT2D eigenvalue weighted by molar-refractivity contribution is -0.115. The first-order valence-corrected chi connectivity index (χ1v) is 8.41. The topological polar surface area (TPSA) is 52.6 Å². The third-order valence-electron chi connectivity index (χ3n) is 4.12. The predicted molar refractivity (Wildman–Crippen MR) is 97.7 cm³/mol. The number of methoxy groups -OCH3 is 2. The third kappa shape index (κ3) is 4.47. The Hall–Kier alpha value is -2.62. The molecule has 0 heterocycles. The highest BCUT2D eigenvalue weighted by molar-refractivity contribution is 6.09. The van der Waals surface area contributed by atoms with Crippen LogP contribution in [0.3, 0.4) is 0 Å². The van der Waals surface area contributed by atoms with Crippen LogP contribution in [0.2, 0.25) is 0 Å². The fourth-order valence-corrected chi connectivity index (χ4v) is 2.69. The summed E-state index contributed by atoms with van der Waals surface area (Å²) in [6.45, 7) is 3.86. The van der Waals surface area contributed by atoms with Crippen LogP contribution < -0.4 is 0 Å². The van der Waals surface area contributed by atoms with E-state index < -0.39 is 0 Å². The van der Waals surface area contributed by atoms with Crippen LogP contribution in [0.1, 0.15) is 33.1 Å². The number of ketones is 2. The molecule has 0 fully saturated rings. The highest BCUT2D eigenvalue weighted by atomic mass is 16.5. The molecule has 0 N–H and O–H groups in total. The maximum absolute atomic E-state index is 12.3. The summed E-state index contributed by atoms with van der Waals surface area (Å²) < 4.78 is 10.3. The maximum Gasteiger partial charge on any atom is 0.223 e. The molecule has 0 radical (unpaired) electrons. The highest BCUT2D eigenvalue weighted by Crippen LogP contribution is 2.24. The Balaban J connectivity index is 2.33. The van der Waals surface area contributed by atoms with E-state index in [1.807, 2.05) is 24.3 Å². The summed E-state index contributed by atoms with van der Waals surface area (Å²) in [6, 6.07) is 0. The van der Waals surface area contributed by atoms with E-state index in [4.69, 9.17) is 9.47 Å². The minimum absolute atomic E-state index is 0.0404. The first-order chi connectivity index (χ1) is 12.0. The van der Waals surface area contributed by atoms with Crippen LogP contribution in [-0.2, 0) is 19.1 Å². The van der Waals surface area contributed by atoms with Gasteiger partial charge in [-0.2, -0.15) is 0 Å². The second-order valence-electron chi connectivity index (χ2n) is 6.02. The minimum atomic E-state index is -0.0983. The van der Waals surface area contributed by atoms with E-state index in [0.717, 1.165) is 36.0 Å². The van der Waals surface area contributed by atoms with Crippen LogP contribution in [0.5, 0.6) is 0 Å². The van der Waals surface area contributed by atoms with Gasteiger partial charge in [-0.15, -0.1) is 0 Å². The van der Waals surface area contributed by atoms with Crippen LogP contribution in [-0.4, -0.2) is 25.8 Å². The van der Waals surface area contributed by atoms with Crippen LogP contribution in [0.25, 0.3) is 0 Å². The summed E-state index contributed by atoms with van der Waals surface area (Å²) in [5.74, 6) is 0.549. The van der Waals surface area contributed by atoms with Gasteiger partial charge in [-0.3, -0.25) is 9.59 Å². The first kappa shape index (κ1) is 18.7. The number of hydrogen-bond donors (Lipinski definition) is 0. The zero-order valence-electron chi connectivity index (χ0n) is 15.2. The molecule has 25 heavy (non-hydrogen) atoms. The zero-order valence-corrected chi connectivity index (χ0v) is 15.2. The lowest BCUT2D eigenvalue weighted by atomic mass is 9.94. The van der Waals surface area contributed by atoms with Crippen molar-refractivity contribution in [2.45, 2.75) is 33.1 Å². The Morgan fingerprint density at radius 2 is 1.44 bits per heavy atom. The van der Waals surface area contributed by atoms with Crippen molar-refractivity contribution in [3.63, 3.8) is 0 Å². The lowest BCUT2D eigenvalue weighted by Gasteiger charge is -2.14. The number of rotatable bonds is 6. The van der Waals surface area contributed by atoms with Crippen molar-refractivity contribution in [3.8, 4) is 0 Å². The fourth-order valence-electron chi connectivity index (χ4n) is 2.69. The summed E-state index contributed by atoms with van der Waals surface area (Å²) in [7, 11) is 3.00. The number of unbranched alkanes of at least 4 members (excludes halogenated alkanes) is 1. The Kier molecular flexibility index (Phi) is 6.34. The van der Waals surface area contributed by atoms with E-state index in [9.17, 15) is 9.59 Å². The summed E-state index contributed by atoms with van der Waals surface area (Å²) in [6.07, 6.45) is 13.7. The number of ether oxygens (including phenoxy) is 2. The summed E-state index contributed by atoms with van der Waals surface area (Å²) in [4.78, 5) is 24.2. The van der Waals surface area contributed by atoms with Crippen molar-refractivity contribution in [1.29, 1.82) is 0 Å². The molecule has 0 saturated carbocycles. The average molecular weight is 340 g/mol. The van der Waals surface area contributed by atoms with E-state index in [0.29, 0.717) is 17.1 Å². The predicted octanol–water partition coefficient (Wildman–Crippen LogP) is 4.13. The van der Waals surface area contributed by atoms with Crippen molar-refractivity contribution in [1.82, 2.24) is 0 Å². The van der Waals surface area contributed by atoms with Gasteiger partial charge in [0.1, 0.15) is 0 Å². The Morgan fingerprint density at radius 3 is 2.00 bits per heavy atom. The molecule has 2 aliphatic rings. The molecule has 0 amide bonds. The Labute approximate surface area is 148 Å². The molecule has 4 nitrogen and oxygen atoms in total. The molecule has 0 aliphatic heterocycles. The molecule has 0 atom stereocenters. The molecule has 2 rings (SSSR count). The maximum atomic E-state index is 12.3. The highest BCUT2D eigenvalue weighted by Gasteiger charge is 2.20. The summed E-state index contributed by atoms with van der Waals surface area (Å²) >= 11 is 0. The van der Waals surface area contributed by atoms with Gasteiger partial charge in [0.25, 0.3) is 0 Å². The van der Waals surface area contributed by atoms with E-state index in [2.05, 4.69) is 6.92 Å². The molecule has 0 spiro atoms. The molecule has 0 aromatic carbocycles. The van der Waals surface area contributed by atoms with Gasteiger partial charge in [0.15, 0.2) is 11.5 Å². The SMILES string of the molecule is CCCCC1=CC(=CC=C2C=C(C)C(=O)C(OC)=C2)C=C(OC)C1=O. The Morgan fingerprint density at radius 1 is 0.880 bits per heavy atom. The second-order valence-corrected chi connectivity index (χ2v) is 6.02. The van der Waals surface area contributed by atoms with E-state index in [-0.39, 0.29) is 11.6 Å². The molecule has 0 unspecified atom stereocenters. The largest absolute Gasteiger partial charge is 0.493 e. The van der Waals surface area contributed by atoms with Gasteiger partial charge in [-0.05, 0) is 55.2 Å². The number of carbonyl (C=O) groups is 2. The van der Waals surface area contributed by atoms with Crippen molar-refractivity contribution < 1.29 is 19.1 Å². The number of Topliss-reactive ketones (excluding diaryl/α,β-unsaturated/α-hetero) is 2. The Bertz CT molecular complexity index is 755. The van der Waals surface area contributed by atoms with Crippen LogP contribution in [0.4, 0.5) is 0 Å². The number of carbonyl (C=O) groups excluding carboxylic acids is 2. The monoisotopic (exact) mass is 340 g/mol. The van der Waals surface area contributed by atoms with Crippen molar-refractivity contribution in [2.75, 3.05) is 14.2 Å². The smallest absolute Gasteiger partial charge is 0.223 e. The van der Waals surface area contributed by atoms with Crippen LogP contribution in [0, 0.1) is 0 Å². The van der Waals surface area contributed by atoms with Crippen molar-refractivity contribution >= 4 is 11.6 Å². The molecule has 0 saturated heterocycles. The first-order valence-electron chi connectivity index (χ1n) is 8.41. The molecule has 0 aromatic rings. The molecule has 0 aromatic heterocycles. The molecule has 0 bridgehead atoms. The average Bonchev–Trinajstić information content (AvgIpc) is 2.62. The fraction of sp³-hybridized carbons (Fsp3) is 0.333. The second kappa shape index (κ2) is 8.47. The van der Waals surface area contributed by atoms with Gasteiger partial charge in [0.2, 0.25) is 11.6 Å². The van der Waals surface area contributed by atoms with Crippen molar-refractivity contribution in [2.24, 2.45) is 0 Å². The zero-order chi connectivity index (χ0) is 18.4. The third-order valence-corrected chi connectivity index (χ3v) is 4.12. The summed E-state index contributed by atoms with van der Waals surface area (Å²) in [5, 5.41) is 0. The van der Waals surface area contributed by atoms with Gasteiger partial charge in [0, 0.05) is 11.1 Å². The van der Waals surface area contributed by atoms with E-state index in [1.165, 1.54) is 14.2 Å². The summed E-state index contributed by atoms with van der Waals surface area (Å²) in [5.41, 5.74) is 3.17. The van der Waals surface area contributed by atoms with Gasteiger partial charge in [0.05, 0.1) is 14.2 Å². The van der Waals surface area contributed by atoms with Crippen molar-refractivity contribution in [3.05, 3.63) is 70.3 Å². The normalized spacial score (nSPS) is 21.0. The minimum Gasteiger partial charge on any atom is -0.493 e.